The number of carbonyl (C=O) groups is 3. The van der Waals surface area contributed by atoms with Gasteiger partial charge in [-0.05, 0) is 56.4 Å². The zero-order valence-corrected chi connectivity index (χ0v) is 21.7. The van der Waals surface area contributed by atoms with E-state index in [1.165, 1.54) is 6.07 Å². The summed E-state index contributed by atoms with van der Waals surface area (Å²) < 4.78 is 11.2. The number of benzene rings is 2. The molecular weight excluding hydrogens is 480 g/mol. The summed E-state index contributed by atoms with van der Waals surface area (Å²) in [4.78, 5) is 39.5. The van der Waals surface area contributed by atoms with Crippen molar-refractivity contribution >= 4 is 35.1 Å². The molecule has 1 saturated carbocycles. The third-order valence-corrected chi connectivity index (χ3v) is 7.65. The number of piperidine rings is 1. The lowest BCUT2D eigenvalue weighted by Gasteiger charge is -2.46. The van der Waals surface area contributed by atoms with Crippen LogP contribution in [0.2, 0.25) is 5.02 Å². The van der Waals surface area contributed by atoms with Crippen molar-refractivity contribution in [2.24, 2.45) is 0 Å². The van der Waals surface area contributed by atoms with E-state index in [4.69, 9.17) is 21.1 Å². The molecule has 36 heavy (non-hydrogen) atoms. The van der Waals surface area contributed by atoms with Crippen LogP contribution in [0, 0.1) is 6.92 Å². The summed E-state index contributed by atoms with van der Waals surface area (Å²) in [7, 11) is 0. The fraction of sp³-hybridized carbons (Fsp3) is 0.464. The minimum atomic E-state index is -0.718. The van der Waals surface area contributed by atoms with Crippen LogP contribution in [0.1, 0.15) is 60.5 Å². The molecule has 1 aliphatic heterocycles. The van der Waals surface area contributed by atoms with Crippen LogP contribution in [0.4, 0.5) is 5.69 Å². The lowest BCUT2D eigenvalue weighted by atomic mass is 9.99. The zero-order chi connectivity index (χ0) is 25.8. The summed E-state index contributed by atoms with van der Waals surface area (Å²) in [5.41, 5.74) is 1.54. The zero-order valence-electron chi connectivity index (χ0n) is 21.0. The number of likely N-dealkylation sites (tertiary alicyclic amines) is 1. The topological polar surface area (TPSA) is 81.7 Å². The Labute approximate surface area is 217 Å². The SMILES string of the molecule is CCOC(=O)c1cc(Cl)cc(C)c1NC(=O)C1([N+]2(CC(=O)OCc3ccccc3)CCCCC2)CC1. The van der Waals surface area contributed by atoms with Gasteiger partial charge in [-0.1, -0.05) is 41.9 Å². The molecule has 1 N–H and O–H groups in total. The average molecular weight is 514 g/mol. The van der Waals surface area contributed by atoms with Crippen molar-refractivity contribution in [3.8, 4) is 0 Å². The molecule has 0 aromatic heterocycles. The number of nitrogens with zero attached hydrogens (tertiary/aromatic N) is 1. The molecular formula is C28H34ClN2O5+. The molecule has 4 rings (SSSR count). The molecule has 2 aromatic carbocycles. The van der Waals surface area contributed by atoms with Gasteiger partial charge in [-0.3, -0.25) is 4.79 Å². The lowest BCUT2D eigenvalue weighted by molar-refractivity contribution is -0.950. The van der Waals surface area contributed by atoms with Crippen LogP contribution in [0.25, 0.3) is 0 Å². The molecule has 2 aromatic rings. The van der Waals surface area contributed by atoms with Crippen LogP contribution in [0.3, 0.4) is 0 Å². The van der Waals surface area contributed by atoms with Gasteiger partial charge < -0.3 is 19.3 Å². The highest BCUT2D eigenvalue weighted by molar-refractivity contribution is 6.31. The first kappa shape index (κ1) is 26.2. The number of nitrogens with one attached hydrogen (secondary N) is 1. The Balaban J connectivity index is 1.56. The van der Waals surface area contributed by atoms with Gasteiger partial charge in [-0.2, -0.15) is 0 Å². The highest BCUT2D eigenvalue weighted by Crippen LogP contribution is 2.50. The number of halogens is 1. The van der Waals surface area contributed by atoms with Gasteiger partial charge in [-0.25, -0.2) is 9.59 Å². The second kappa shape index (κ2) is 11.0. The predicted molar refractivity (Wildman–Crippen MR) is 138 cm³/mol. The predicted octanol–water partition coefficient (Wildman–Crippen LogP) is 5.04. The number of rotatable bonds is 9. The van der Waals surface area contributed by atoms with Crippen molar-refractivity contribution in [2.45, 2.75) is 58.1 Å². The van der Waals surface area contributed by atoms with E-state index in [0.29, 0.717) is 33.6 Å². The van der Waals surface area contributed by atoms with Crippen LogP contribution < -0.4 is 5.32 Å². The Kier molecular flexibility index (Phi) is 8.00. The molecule has 1 aliphatic carbocycles. The van der Waals surface area contributed by atoms with Crippen molar-refractivity contribution in [1.82, 2.24) is 0 Å². The fourth-order valence-electron chi connectivity index (χ4n) is 5.43. The first-order valence-electron chi connectivity index (χ1n) is 12.6. The Morgan fingerprint density at radius 3 is 2.36 bits per heavy atom. The quantitative estimate of drug-likeness (QED) is 0.375. The van der Waals surface area contributed by atoms with E-state index in [0.717, 1.165) is 37.9 Å². The van der Waals surface area contributed by atoms with E-state index in [1.807, 2.05) is 30.3 Å². The van der Waals surface area contributed by atoms with Gasteiger partial charge in [0.05, 0.1) is 30.9 Å². The summed E-state index contributed by atoms with van der Waals surface area (Å²) in [5.74, 6) is -0.999. The van der Waals surface area contributed by atoms with Gasteiger partial charge in [0.2, 0.25) is 0 Å². The molecule has 1 heterocycles. The highest BCUT2D eigenvalue weighted by atomic mass is 35.5. The standard InChI is InChI=1S/C28H33ClN2O5/c1-3-35-26(33)23-17-22(29)16-20(2)25(23)30-27(34)28(12-13-28)31(14-8-5-9-15-31)18-24(32)36-19-21-10-6-4-7-11-21/h4,6-7,10-11,16-17H,3,5,8-9,12-15,18-19H2,1-2H3/p+1. The molecule has 1 amide bonds. The molecule has 0 spiro atoms. The number of quaternary nitrogens is 1. The molecule has 2 fully saturated rings. The number of aryl methyl sites for hydroxylation is 1. The van der Waals surface area contributed by atoms with Gasteiger partial charge in [-0.15, -0.1) is 0 Å². The third kappa shape index (κ3) is 5.42. The Bertz CT molecular complexity index is 1120. The van der Waals surface area contributed by atoms with Crippen molar-refractivity contribution in [1.29, 1.82) is 0 Å². The van der Waals surface area contributed by atoms with Crippen LogP contribution in [-0.4, -0.2) is 54.1 Å². The number of ether oxygens (including phenoxy) is 2. The van der Waals surface area contributed by atoms with Gasteiger partial charge >= 0.3 is 11.9 Å². The van der Waals surface area contributed by atoms with Crippen molar-refractivity contribution < 1.29 is 28.3 Å². The average Bonchev–Trinajstić information content (AvgIpc) is 3.68. The summed E-state index contributed by atoms with van der Waals surface area (Å²) in [5, 5.41) is 3.43. The summed E-state index contributed by atoms with van der Waals surface area (Å²) in [6.07, 6.45) is 4.36. The summed E-state index contributed by atoms with van der Waals surface area (Å²) in [6, 6.07) is 12.8. The van der Waals surface area contributed by atoms with E-state index < -0.39 is 11.5 Å². The molecule has 192 valence electrons. The monoisotopic (exact) mass is 513 g/mol. The first-order valence-corrected chi connectivity index (χ1v) is 13.0. The highest BCUT2D eigenvalue weighted by Gasteiger charge is 2.66. The number of amides is 1. The minimum Gasteiger partial charge on any atom is -0.462 e. The first-order chi connectivity index (χ1) is 17.3. The normalized spacial score (nSPS) is 17.6. The van der Waals surface area contributed by atoms with Crippen LogP contribution in [-0.2, 0) is 25.7 Å². The van der Waals surface area contributed by atoms with Gasteiger partial charge in [0.25, 0.3) is 5.91 Å². The number of esters is 2. The van der Waals surface area contributed by atoms with E-state index in [9.17, 15) is 14.4 Å². The van der Waals surface area contributed by atoms with E-state index in [2.05, 4.69) is 5.32 Å². The fourth-order valence-corrected chi connectivity index (χ4v) is 5.70. The maximum atomic E-state index is 13.9. The smallest absolute Gasteiger partial charge is 0.362 e. The largest absolute Gasteiger partial charge is 0.462 e. The maximum Gasteiger partial charge on any atom is 0.362 e. The van der Waals surface area contributed by atoms with Crippen LogP contribution in [0.15, 0.2) is 42.5 Å². The molecule has 8 heteroatoms. The van der Waals surface area contributed by atoms with Crippen molar-refractivity contribution in [3.05, 3.63) is 64.2 Å². The van der Waals surface area contributed by atoms with Gasteiger partial charge in [0, 0.05) is 17.9 Å². The van der Waals surface area contributed by atoms with E-state index in [-0.39, 0.29) is 37.2 Å². The second-order valence-corrected chi connectivity index (χ2v) is 10.2. The minimum absolute atomic E-state index is 0.157. The third-order valence-electron chi connectivity index (χ3n) is 7.44. The number of carbonyl (C=O) groups excluding carboxylic acids is 3. The van der Waals surface area contributed by atoms with Crippen LogP contribution >= 0.6 is 11.6 Å². The van der Waals surface area contributed by atoms with Gasteiger partial charge in [0.1, 0.15) is 6.61 Å². The molecule has 0 bridgehead atoms. The summed E-state index contributed by atoms with van der Waals surface area (Å²) >= 11 is 6.21. The Hall–Kier alpha value is -2.90. The second-order valence-electron chi connectivity index (χ2n) is 9.81. The van der Waals surface area contributed by atoms with E-state index in [1.54, 1.807) is 19.9 Å². The van der Waals surface area contributed by atoms with Crippen LogP contribution in [0.5, 0.6) is 0 Å². The lowest BCUT2D eigenvalue weighted by Crippen LogP contribution is -2.66. The Morgan fingerprint density at radius 1 is 1.03 bits per heavy atom. The Morgan fingerprint density at radius 2 is 1.72 bits per heavy atom. The molecule has 2 aliphatic rings. The molecule has 7 nitrogen and oxygen atoms in total. The molecule has 0 radical (unpaired) electrons. The number of anilines is 1. The van der Waals surface area contributed by atoms with E-state index >= 15 is 0 Å². The molecule has 0 atom stereocenters. The number of hydrogen-bond donors (Lipinski definition) is 1. The molecule has 0 unspecified atom stereocenters. The summed E-state index contributed by atoms with van der Waals surface area (Å²) in [6.45, 7) is 5.61. The number of hydrogen-bond acceptors (Lipinski definition) is 5. The van der Waals surface area contributed by atoms with Crippen molar-refractivity contribution in [2.75, 3.05) is 31.6 Å². The van der Waals surface area contributed by atoms with Gasteiger partial charge in [0.15, 0.2) is 12.1 Å². The molecule has 1 saturated heterocycles. The maximum absolute atomic E-state index is 13.9. The van der Waals surface area contributed by atoms with Crippen molar-refractivity contribution in [3.63, 3.8) is 0 Å².